The van der Waals surface area contributed by atoms with Crippen LogP contribution >= 0.6 is 0 Å². The molecule has 1 aromatic carbocycles. The Balaban J connectivity index is 0. The Labute approximate surface area is 98.0 Å². The van der Waals surface area contributed by atoms with Crippen LogP contribution in [0.3, 0.4) is 0 Å². The molecule has 1 aromatic rings. The van der Waals surface area contributed by atoms with Crippen molar-refractivity contribution in [2.45, 2.75) is 17.2 Å². The van der Waals surface area contributed by atoms with E-state index < -0.39 is 0 Å². The summed E-state index contributed by atoms with van der Waals surface area (Å²) in [7, 11) is 0. The molecule has 0 bridgehead atoms. The minimum Gasteiger partial charge on any atom is -0.412 e. The van der Waals surface area contributed by atoms with Crippen molar-refractivity contribution in [3.63, 3.8) is 0 Å². The van der Waals surface area contributed by atoms with Crippen LogP contribution in [0.2, 0.25) is 0 Å². The van der Waals surface area contributed by atoms with E-state index in [0.717, 1.165) is 34.5 Å². The van der Waals surface area contributed by atoms with E-state index in [-0.39, 0.29) is 5.48 Å². The first kappa shape index (κ1) is 15.6. The van der Waals surface area contributed by atoms with Crippen molar-refractivity contribution in [2.75, 3.05) is 6.61 Å². The molecule has 1 atom stereocenters. The van der Waals surface area contributed by atoms with Crippen LogP contribution in [-0.2, 0) is 4.74 Å². The van der Waals surface area contributed by atoms with E-state index in [1.165, 1.54) is 0 Å². The molecule has 0 saturated carbocycles. The van der Waals surface area contributed by atoms with Gasteiger partial charge in [0.1, 0.15) is 0 Å². The largest absolute Gasteiger partial charge is 0.412 e. The fourth-order valence-electron chi connectivity index (χ4n) is 0.718. The molecular weight excluding hydrogens is 175 g/mol. The zero-order valence-corrected chi connectivity index (χ0v) is 10.7. The molecule has 0 radical (unpaired) electrons. The van der Waals surface area contributed by atoms with Gasteiger partial charge in [0.05, 0.1) is 0 Å². The summed E-state index contributed by atoms with van der Waals surface area (Å²) in [4.78, 5) is 0. The molecule has 3 heteroatoms. The van der Waals surface area contributed by atoms with Crippen LogP contribution in [0.5, 0.6) is 0 Å². The van der Waals surface area contributed by atoms with E-state index >= 15 is 0 Å². The SMILES string of the molecule is CCO[CH](C)[Na].O.c1ccccc1. The zero-order valence-electron chi connectivity index (χ0n) is 8.66. The van der Waals surface area contributed by atoms with E-state index in [9.17, 15) is 0 Å². The summed E-state index contributed by atoms with van der Waals surface area (Å²) in [5.41, 5.74) is 0. The van der Waals surface area contributed by atoms with E-state index in [4.69, 9.17) is 4.74 Å². The van der Waals surface area contributed by atoms with Gasteiger partial charge in [-0.25, -0.2) is 0 Å². The number of benzene rings is 1. The number of ether oxygens (including phenoxy) is 1. The molecule has 0 aliphatic heterocycles. The van der Waals surface area contributed by atoms with E-state index in [0.29, 0.717) is 3.35 Å². The molecule has 0 fully saturated rings. The van der Waals surface area contributed by atoms with Gasteiger partial charge in [-0.3, -0.25) is 0 Å². The summed E-state index contributed by atoms with van der Waals surface area (Å²) in [6.07, 6.45) is 0. The van der Waals surface area contributed by atoms with E-state index in [2.05, 4.69) is 6.92 Å². The molecular formula is C10H17NaO2. The monoisotopic (exact) mass is 192 g/mol. The van der Waals surface area contributed by atoms with Crippen LogP contribution in [0, 0.1) is 0 Å². The molecule has 0 aliphatic rings. The predicted molar refractivity (Wildman–Crippen MR) is 56.9 cm³/mol. The fourth-order valence-corrected chi connectivity index (χ4v) is 1.05. The van der Waals surface area contributed by atoms with Crippen LogP contribution in [-0.4, -0.2) is 43.4 Å². The number of hydrogen-bond donors (Lipinski definition) is 0. The van der Waals surface area contributed by atoms with Crippen molar-refractivity contribution in [1.29, 1.82) is 0 Å². The first-order valence-corrected chi connectivity index (χ1v) is 5.54. The molecule has 1 rings (SSSR count). The Kier molecular flexibility index (Phi) is 14.6. The van der Waals surface area contributed by atoms with Gasteiger partial charge in [-0.05, 0) is 0 Å². The molecule has 0 saturated heterocycles. The summed E-state index contributed by atoms with van der Waals surface area (Å²) in [5, 5.41) is 0. The van der Waals surface area contributed by atoms with Crippen LogP contribution in [0.1, 0.15) is 13.8 Å². The fraction of sp³-hybridized carbons (Fsp3) is 0.400. The molecule has 13 heavy (non-hydrogen) atoms. The number of rotatable bonds is 2. The maximum Gasteiger partial charge on any atom is -0.0623 e. The maximum atomic E-state index is 5.10. The summed E-state index contributed by atoms with van der Waals surface area (Å²) < 4.78 is 5.64. The minimum absolute atomic E-state index is 0. The Morgan fingerprint density at radius 2 is 1.38 bits per heavy atom. The predicted octanol–water partition coefficient (Wildman–Crippen LogP) is 1.40. The van der Waals surface area contributed by atoms with Crippen molar-refractivity contribution >= 4 is 27.9 Å². The van der Waals surface area contributed by atoms with Gasteiger partial charge in [0.15, 0.2) is 0 Å². The van der Waals surface area contributed by atoms with Crippen LogP contribution in [0.25, 0.3) is 0 Å². The average Bonchev–Trinajstić information content (AvgIpc) is 2.08. The topological polar surface area (TPSA) is 40.7 Å². The molecule has 1 unspecified atom stereocenters. The molecule has 70 valence electrons. The van der Waals surface area contributed by atoms with Gasteiger partial charge in [0.25, 0.3) is 0 Å². The molecule has 0 heterocycles. The second-order valence-corrected chi connectivity index (χ2v) is 4.28. The van der Waals surface area contributed by atoms with Gasteiger partial charge in [-0.15, -0.1) is 0 Å². The van der Waals surface area contributed by atoms with Gasteiger partial charge in [-0.2, -0.15) is 0 Å². The second kappa shape index (κ2) is 12.1. The molecule has 2 nitrogen and oxygen atoms in total. The third-order valence-corrected chi connectivity index (χ3v) is 1.50. The standard InChI is InChI=1S/C6H6.C4H9O.Na.H2O/c1-2-4-6-5-3-1;1-3-5-4-2;;/h1-6H;3H,4H2,1-2H3;;1H2. The van der Waals surface area contributed by atoms with Gasteiger partial charge >= 0.3 is 56.5 Å². The van der Waals surface area contributed by atoms with E-state index in [1.807, 2.05) is 43.3 Å². The Morgan fingerprint density at radius 1 is 1.08 bits per heavy atom. The van der Waals surface area contributed by atoms with Crippen LogP contribution in [0.4, 0.5) is 0 Å². The molecule has 0 aromatic heterocycles. The minimum atomic E-state index is 0. The summed E-state index contributed by atoms with van der Waals surface area (Å²) in [6, 6.07) is 12.0. The average molecular weight is 192 g/mol. The quantitative estimate of drug-likeness (QED) is 0.653. The van der Waals surface area contributed by atoms with Gasteiger partial charge in [0, 0.05) is 0 Å². The maximum absolute atomic E-state index is 5.10. The third-order valence-electron chi connectivity index (χ3n) is 1.17. The van der Waals surface area contributed by atoms with Crippen molar-refractivity contribution in [3.8, 4) is 0 Å². The Hall–Kier alpha value is 0.140. The van der Waals surface area contributed by atoms with E-state index in [1.54, 1.807) is 0 Å². The van der Waals surface area contributed by atoms with Crippen molar-refractivity contribution in [1.82, 2.24) is 0 Å². The summed E-state index contributed by atoms with van der Waals surface area (Å²) in [6.45, 7) is 4.98. The van der Waals surface area contributed by atoms with Gasteiger partial charge in [0.2, 0.25) is 0 Å². The van der Waals surface area contributed by atoms with Gasteiger partial charge in [-0.1, -0.05) is 36.4 Å². The second-order valence-electron chi connectivity index (χ2n) is 2.66. The van der Waals surface area contributed by atoms with Crippen molar-refractivity contribution in [3.05, 3.63) is 36.4 Å². The smallest absolute Gasteiger partial charge is 0.0623 e. The van der Waals surface area contributed by atoms with Crippen LogP contribution < -0.4 is 0 Å². The van der Waals surface area contributed by atoms with Gasteiger partial charge < -0.3 is 5.48 Å². The Morgan fingerprint density at radius 3 is 1.46 bits per heavy atom. The first-order chi connectivity index (χ1) is 5.77. The molecule has 0 spiro atoms. The van der Waals surface area contributed by atoms with Crippen LogP contribution in [0.15, 0.2) is 36.4 Å². The molecule has 0 aliphatic carbocycles. The Bertz CT molecular complexity index is 139. The van der Waals surface area contributed by atoms with Crippen molar-refractivity contribution < 1.29 is 10.2 Å². The summed E-state index contributed by atoms with van der Waals surface area (Å²) >= 11 is 1.16. The molecule has 0 amide bonds. The van der Waals surface area contributed by atoms with Crippen molar-refractivity contribution in [2.24, 2.45) is 0 Å². The number of hydrogen-bond acceptors (Lipinski definition) is 1. The first-order valence-electron chi connectivity index (χ1n) is 4.39. The normalized spacial score (nSPS) is 10.5. The summed E-state index contributed by atoms with van der Waals surface area (Å²) in [5.74, 6) is 0. The molecule has 2 N–H and O–H groups in total. The zero-order chi connectivity index (χ0) is 9.23. The third kappa shape index (κ3) is 14.9.